The fourth-order valence-electron chi connectivity index (χ4n) is 2.29. The highest BCUT2D eigenvalue weighted by atomic mass is 14.9. The molecular formula is C18H24N2. The number of rotatable bonds is 7. The Kier molecular flexibility index (Phi) is 5.63. The number of anilines is 1. The fourth-order valence-corrected chi connectivity index (χ4v) is 2.29. The fraction of sp³-hybridized carbons (Fsp3) is 0.333. The van der Waals surface area contributed by atoms with Crippen LogP contribution in [0, 0.1) is 0 Å². The van der Waals surface area contributed by atoms with E-state index in [9.17, 15) is 0 Å². The van der Waals surface area contributed by atoms with Crippen molar-refractivity contribution in [1.29, 1.82) is 0 Å². The Morgan fingerprint density at radius 3 is 2.20 bits per heavy atom. The summed E-state index contributed by atoms with van der Waals surface area (Å²) < 4.78 is 0. The molecule has 0 heterocycles. The quantitative estimate of drug-likeness (QED) is 0.788. The number of benzene rings is 2. The predicted molar refractivity (Wildman–Crippen MR) is 88.1 cm³/mol. The summed E-state index contributed by atoms with van der Waals surface area (Å²) in [5, 5.41) is 6.90. The van der Waals surface area contributed by atoms with Gasteiger partial charge in [0.2, 0.25) is 0 Å². The van der Waals surface area contributed by atoms with Crippen LogP contribution in [0.4, 0.5) is 5.69 Å². The number of hydrogen-bond acceptors (Lipinski definition) is 2. The highest BCUT2D eigenvalue weighted by molar-refractivity contribution is 5.65. The molecule has 106 valence electrons. The average Bonchev–Trinajstić information content (AvgIpc) is 2.49. The van der Waals surface area contributed by atoms with Crippen LogP contribution in [-0.4, -0.2) is 19.1 Å². The maximum Gasteiger partial charge on any atom is 0.0340 e. The molecule has 0 amide bonds. The van der Waals surface area contributed by atoms with Crippen LogP contribution in [0.2, 0.25) is 0 Å². The lowest BCUT2D eigenvalue weighted by atomic mass is 10.1. The molecule has 2 N–H and O–H groups in total. The Morgan fingerprint density at radius 2 is 1.55 bits per heavy atom. The van der Waals surface area contributed by atoms with Crippen molar-refractivity contribution in [2.45, 2.75) is 26.3 Å². The Balaban J connectivity index is 1.86. The van der Waals surface area contributed by atoms with Crippen molar-refractivity contribution >= 4 is 5.69 Å². The molecule has 20 heavy (non-hydrogen) atoms. The van der Waals surface area contributed by atoms with E-state index in [0.717, 1.165) is 19.5 Å². The Morgan fingerprint density at radius 1 is 0.900 bits per heavy atom. The third kappa shape index (κ3) is 4.39. The lowest BCUT2D eigenvalue weighted by molar-refractivity contribution is 0.543. The summed E-state index contributed by atoms with van der Waals surface area (Å²) in [6.07, 6.45) is 1.13. The van der Waals surface area contributed by atoms with Crippen LogP contribution in [0.15, 0.2) is 54.6 Å². The Labute approximate surface area is 122 Å². The maximum atomic E-state index is 3.47. The Bertz CT molecular complexity index is 491. The van der Waals surface area contributed by atoms with E-state index >= 15 is 0 Å². The molecule has 0 aromatic heterocycles. The molecule has 2 rings (SSSR count). The van der Waals surface area contributed by atoms with Crippen molar-refractivity contribution in [3.8, 4) is 11.1 Å². The van der Waals surface area contributed by atoms with Gasteiger partial charge < -0.3 is 10.6 Å². The molecule has 2 aromatic carbocycles. The molecule has 0 saturated heterocycles. The van der Waals surface area contributed by atoms with Crippen LogP contribution in [-0.2, 0) is 0 Å². The van der Waals surface area contributed by atoms with Gasteiger partial charge in [-0.05, 0) is 43.1 Å². The first-order chi connectivity index (χ1) is 9.79. The van der Waals surface area contributed by atoms with Crippen molar-refractivity contribution < 1.29 is 0 Å². The molecule has 0 fully saturated rings. The van der Waals surface area contributed by atoms with Gasteiger partial charge in [0.25, 0.3) is 0 Å². The molecule has 1 unspecified atom stereocenters. The SMILES string of the molecule is CCNC(C)CCNc1ccc(-c2ccccc2)cc1. The second-order valence-electron chi connectivity index (χ2n) is 5.12. The molecule has 0 aliphatic heterocycles. The normalized spacial score (nSPS) is 12.1. The molecule has 2 nitrogen and oxygen atoms in total. The highest BCUT2D eigenvalue weighted by Crippen LogP contribution is 2.20. The summed E-state index contributed by atoms with van der Waals surface area (Å²) in [7, 11) is 0. The lowest BCUT2D eigenvalue weighted by Gasteiger charge is -2.13. The van der Waals surface area contributed by atoms with E-state index in [1.807, 2.05) is 6.07 Å². The van der Waals surface area contributed by atoms with Crippen molar-refractivity contribution in [3.63, 3.8) is 0 Å². The standard InChI is InChI=1S/C18H24N2/c1-3-19-15(2)13-14-20-18-11-9-17(10-12-18)16-7-5-4-6-8-16/h4-12,15,19-20H,3,13-14H2,1-2H3. The average molecular weight is 268 g/mol. The minimum absolute atomic E-state index is 0.566. The van der Waals surface area contributed by atoms with Crippen LogP contribution < -0.4 is 10.6 Å². The first-order valence-electron chi connectivity index (χ1n) is 7.42. The van der Waals surface area contributed by atoms with Crippen LogP contribution >= 0.6 is 0 Å². The largest absolute Gasteiger partial charge is 0.385 e. The summed E-state index contributed by atoms with van der Waals surface area (Å²) in [4.78, 5) is 0. The third-order valence-corrected chi connectivity index (χ3v) is 3.45. The number of nitrogens with one attached hydrogen (secondary N) is 2. The van der Waals surface area contributed by atoms with Gasteiger partial charge in [0.05, 0.1) is 0 Å². The van der Waals surface area contributed by atoms with E-state index in [4.69, 9.17) is 0 Å². The highest BCUT2D eigenvalue weighted by Gasteiger charge is 2.00. The van der Waals surface area contributed by atoms with Crippen molar-refractivity contribution in [2.24, 2.45) is 0 Å². The maximum absolute atomic E-state index is 3.47. The first kappa shape index (κ1) is 14.6. The number of hydrogen-bond donors (Lipinski definition) is 2. The molecule has 0 radical (unpaired) electrons. The molecule has 0 saturated carbocycles. The van der Waals surface area contributed by atoms with Crippen molar-refractivity contribution in [1.82, 2.24) is 5.32 Å². The van der Waals surface area contributed by atoms with Crippen LogP contribution in [0.3, 0.4) is 0 Å². The van der Waals surface area contributed by atoms with Gasteiger partial charge >= 0.3 is 0 Å². The van der Waals surface area contributed by atoms with Crippen LogP contribution in [0.5, 0.6) is 0 Å². The summed E-state index contributed by atoms with van der Waals surface area (Å²) in [5.41, 5.74) is 3.71. The summed E-state index contributed by atoms with van der Waals surface area (Å²) in [5.74, 6) is 0. The lowest BCUT2D eigenvalue weighted by Crippen LogP contribution is -2.27. The smallest absolute Gasteiger partial charge is 0.0340 e. The van der Waals surface area contributed by atoms with Crippen LogP contribution in [0.25, 0.3) is 11.1 Å². The molecule has 2 aromatic rings. The van der Waals surface area contributed by atoms with Gasteiger partial charge in [-0.1, -0.05) is 49.4 Å². The summed E-state index contributed by atoms with van der Waals surface area (Å²) in [6, 6.07) is 19.7. The predicted octanol–water partition coefficient (Wildman–Crippen LogP) is 4.15. The van der Waals surface area contributed by atoms with Gasteiger partial charge in [-0.2, -0.15) is 0 Å². The molecule has 1 atom stereocenters. The minimum Gasteiger partial charge on any atom is -0.385 e. The monoisotopic (exact) mass is 268 g/mol. The second-order valence-corrected chi connectivity index (χ2v) is 5.12. The van der Waals surface area contributed by atoms with Gasteiger partial charge in [-0.3, -0.25) is 0 Å². The zero-order valence-corrected chi connectivity index (χ0v) is 12.4. The van der Waals surface area contributed by atoms with Gasteiger partial charge in [-0.15, -0.1) is 0 Å². The topological polar surface area (TPSA) is 24.1 Å². The van der Waals surface area contributed by atoms with Gasteiger partial charge in [0.1, 0.15) is 0 Å². The molecule has 0 aliphatic rings. The first-order valence-corrected chi connectivity index (χ1v) is 7.42. The summed E-state index contributed by atoms with van der Waals surface area (Å²) in [6.45, 7) is 6.40. The van der Waals surface area contributed by atoms with E-state index in [1.54, 1.807) is 0 Å². The van der Waals surface area contributed by atoms with E-state index in [2.05, 4.69) is 73.0 Å². The van der Waals surface area contributed by atoms with Crippen molar-refractivity contribution in [2.75, 3.05) is 18.4 Å². The second kappa shape index (κ2) is 7.71. The molecule has 0 spiro atoms. The molecule has 2 heteroatoms. The van der Waals surface area contributed by atoms with E-state index in [1.165, 1.54) is 16.8 Å². The zero-order chi connectivity index (χ0) is 14.2. The minimum atomic E-state index is 0.566. The molecule has 0 aliphatic carbocycles. The van der Waals surface area contributed by atoms with E-state index in [0.29, 0.717) is 6.04 Å². The third-order valence-electron chi connectivity index (χ3n) is 3.45. The van der Waals surface area contributed by atoms with Gasteiger partial charge in [0.15, 0.2) is 0 Å². The molecular weight excluding hydrogens is 244 g/mol. The van der Waals surface area contributed by atoms with Crippen molar-refractivity contribution in [3.05, 3.63) is 54.6 Å². The van der Waals surface area contributed by atoms with E-state index < -0.39 is 0 Å². The Hall–Kier alpha value is -1.80. The van der Waals surface area contributed by atoms with E-state index in [-0.39, 0.29) is 0 Å². The van der Waals surface area contributed by atoms with Crippen LogP contribution in [0.1, 0.15) is 20.3 Å². The van der Waals surface area contributed by atoms with Gasteiger partial charge in [0, 0.05) is 18.3 Å². The summed E-state index contributed by atoms with van der Waals surface area (Å²) >= 11 is 0. The van der Waals surface area contributed by atoms with Gasteiger partial charge in [-0.25, -0.2) is 0 Å². The molecule has 0 bridgehead atoms. The zero-order valence-electron chi connectivity index (χ0n) is 12.4.